The first-order chi connectivity index (χ1) is 9.11. The summed E-state index contributed by atoms with van der Waals surface area (Å²) in [5.41, 5.74) is 3.39. The van der Waals surface area contributed by atoms with Crippen LogP contribution in [0, 0.1) is 19.3 Å². The first-order valence-corrected chi connectivity index (χ1v) is 6.74. The number of aromatic nitrogens is 2. The molecule has 1 heterocycles. The highest BCUT2D eigenvalue weighted by Crippen LogP contribution is 2.18. The van der Waals surface area contributed by atoms with Gasteiger partial charge in [0.25, 0.3) is 0 Å². The van der Waals surface area contributed by atoms with Gasteiger partial charge in [0.15, 0.2) is 0 Å². The van der Waals surface area contributed by atoms with Crippen LogP contribution in [0.1, 0.15) is 25.2 Å². The third-order valence-electron chi connectivity index (χ3n) is 3.13. The lowest BCUT2D eigenvalue weighted by Gasteiger charge is -2.09. The molecule has 3 nitrogen and oxygen atoms in total. The summed E-state index contributed by atoms with van der Waals surface area (Å²) in [6, 6.07) is 6.82. The molecule has 0 saturated heterocycles. The van der Waals surface area contributed by atoms with E-state index in [1.54, 1.807) is 0 Å². The normalized spacial score (nSPS) is 11.1. The summed E-state index contributed by atoms with van der Waals surface area (Å²) >= 11 is 0. The molecule has 19 heavy (non-hydrogen) atoms. The fraction of sp³-hybridized carbons (Fsp3) is 0.438. The zero-order valence-corrected chi connectivity index (χ0v) is 11.9. The molecule has 1 aromatic heterocycles. The molecule has 0 aliphatic carbocycles. The maximum atomic E-state index is 5.47. The van der Waals surface area contributed by atoms with Gasteiger partial charge in [0, 0.05) is 19.0 Å². The van der Waals surface area contributed by atoms with Gasteiger partial charge >= 0.3 is 0 Å². The standard InChI is InChI=1S/C16H21N3/c1-5-10-19-15-7-6-13(4)11-14(15)18-16(19)8-9-17-12(2)3/h1,6-7,11-12,17H,8-10H2,2-4H3. The lowest BCUT2D eigenvalue weighted by molar-refractivity contribution is 0.576. The van der Waals surface area contributed by atoms with Crippen LogP contribution < -0.4 is 5.32 Å². The smallest absolute Gasteiger partial charge is 0.111 e. The molecule has 0 saturated carbocycles. The second-order valence-electron chi connectivity index (χ2n) is 5.17. The van der Waals surface area contributed by atoms with Crippen LogP contribution in [0.5, 0.6) is 0 Å². The van der Waals surface area contributed by atoms with Gasteiger partial charge in [-0.2, -0.15) is 0 Å². The number of nitrogens with zero attached hydrogens (tertiary/aromatic N) is 2. The zero-order chi connectivity index (χ0) is 13.8. The second kappa shape index (κ2) is 5.90. The van der Waals surface area contributed by atoms with Crippen LogP contribution in [0.15, 0.2) is 18.2 Å². The molecule has 1 N–H and O–H groups in total. The summed E-state index contributed by atoms with van der Waals surface area (Å²) in [6.45, 7) is 7.88. The first-order valence-electron chi connectivity index (χ1n) is 6.74. The van der Waals surface area contributed by atoms with E-state index in [1.165, 1.54) is 5.56 Å². The summed E-state index contributed by atoms with van der Waals surface area (Å²) in [4.78, 5) is 4.72. The number of aryl methyl sites for hydroxylation is 1. The van der Waals surface area contributed by atoms with Crippen molar-refractivity contribution in [3.05, 3.63) is 29.6 Å². The SMILES string of the molecule is C#CCn1c(CCNC(C)C)nc2cc(C)ccc21. The van der Waals surface area contributed by atoms with Crippen LogP contribution in [-0.2, 0) is 13.0 Å². The van der Waals surface area contributed by atoms with Crippen molar-refractivity contribution in [3.63, 3.8) is 0 Å². The minimum absolute atomic E-state index is 0.493. The molecule has 0 spiro atoms. The third-order valence-corrected chi connectivity index (χ3v) is 3.13. The first kappa shape index (κ1) is 13.6. The van der Waals surface area contributed by atoms with Crippen molar-refractivity contribution in [1.82, 2.24) is 14.9 Å². The maximum absolute atomic E-state index is 5.47. The molecule has 0 unspecified atom stereocenters. The zero-order valence-electron chi connectivity index (χ0n) is 11.9. The molecule has 2 rings (SSSR count). The number of terminal acetylenes is 1. The van der Waals surface area contributed by atoms with E-state index in [0.29, 0.717) is 12.6 Å². The Hall–Kier alpha value is -1.79. The summed E-state index contributed by atoms with van der Waals surface area (Å²) in [6.07, 6.45) is 6.37. The van der Waals surface area contributed by atoms with E-state index in [4.69, 9.17) is 11.4 Å². The van der Waals surface area contributed by atoms with Gasteiger partial charge in [-0.3, -0.25) is 0 Å². The second-order valence-corrected chi connectivity index (χ2v) is 5.17. The van der Waals surface area contributed by atoms with Crippen LogP contribution in [0.3, 0.4) is 0 Å². The van der Waals surface area contributed by atoms with E-state index in [1.807, 2.05) is 0 Å². The van der Waals surface area contributed by atoms with Crippen molar-refractivity contribution in [3.8, 4) is 12.3 Å². The van der Waals surface area contributed by atoms with Gasteiger partial charge in [-0.1, -0.05) is 25.8 Å². The van der Waals surface area contributed by atoms with Gasteiger partial charge in [-0.05, 0) is 24.6 Å². The highest BCUT2D eigenvalue weighted by Gasteiger charge is 2.09. The third kappa shape index (κ3) is 3.15. The van der Waals surface area contributed by atoms with Crippen molar-refractivity contribution >= 4 is 11.0 Å². The molecule has 0 radical (unpaired) electrons. The highest BCUT2D eigenvalue weighted by atomic mass is 15.1. The fourth-order valence-electron chi connectivity index (χ4n) is 2.22. The Morgan fingerprint density at radius 1 is 1.42 bits per heavy atom. The van der Waals surface area contributed by atoms with Crippen molar-refractivity contribution in [1.29, 1.82) is 0 Å². The van der Waals surface area contributed by atoms with Crippen molar-refractivity contribution < 1.29 is 0 Å². The fourth-order valence-corrected chi connectivity index (χ4v) is 2.22. The van der Waals surface area contributed by atoms with Crippen LogP contribution in [0.2, 0.25) is 0 Å². The van der Waals surface area contributed by atoms with Gasteiger partial charge in [0.1, 0.15) is 5.82 Å². The number of imidazole rings is 1. The van der Waals surface area contributed by atoms with Crippen LogP contribution in [0.4, 0.5) is 0 Å². The van der Waals surface area contributed by atoms with E-state index in [0.717, 1.165) is 29.8 Å². The van der Waals surface area contributed by atoms with Gasteiger partial charge < -0.3 is 9.88 Å². The molecular weight excluding hydrogens is 234 g/mol. The Kier molecular flexibility index (Phi) is 4.24. The van der Waals surface area contributed by atoms with Crippen molar-refractivity contribution in [2.24, 2.45) is 0 Å². The van der Waals surface area contributed by atoms with E-state index in [-0.39, 0.29) is 0 Å². The Labute approximate surface area is 115 Å². The molecule has 0 aliphatic heterocycles. The number of rotatable bonds is 5. The van der Waals surface area contributed by atoms with Crippen LogP contribution in [-0.4, -0.2) is 22.1 Å². The quantitative estimate of drug-likeness (QED) is 0.832. The van der Waals surface area contributed by atoms with Crippen molar-refractivity contribution in [2.45, 2.75) is 39.8 Å². The van der Waals surface area contributed by atoms with E-state index in [2.05, 4.69) is 54.8 Å². The molecule has 0 amide bonds. The average molecular weight is 255 g/mol. The van der Waals surface area contributed by atoms with Crippen molar-refractivity contribution in [2.75, 3.05) is 6.54 Å². The molecule has 1 aromatic carbocycles. The Morgan fingerprint density at radius 3 is 2.89 bits per heavy atom. The van der Waals surface area contributed by atoms with Gasteiger partial charge in [-0.25, -0.2) is 4.98 Å². The number of hydrogen-bond donors (Lipinski definition) is 1. The molecule has 0 aliphatic rings. The summed E-state index contributed by atoms with van der Waals surface area (Å²) in [5.74, 6) is 3.78. The van der Waals surface area contributed by atoms with Crippen LogP contribution in [0.25, 0.3) is 11.0 Å². The lowest BCUT2D eigenvalue weighted by atomic mass is 10.2. The minimum atomic E-state index is 0.493. The maximum Gasteiger partial charge on any atom is 0.111 e. The van der Waals surface area contributed by atoms with Gasteiger partial charge in [0.05, 0.1) is 17.6 Å². The molecule has 0 atom stereocenters. The molecular formula is C16H21N3. The minimum Gasteiger partial charge on any atom is -0.316 e. The average Bonchev–Trinajstić information content (AvgIpc) is 2.67. The predicted octanol–water partition coefficient (Wildman–Crippen LogP) is 2.52. The number of benzene rings is 1. The van der Waals surface area contributed by atoms with Gasteiger partial charge in [-0.15, -0.1) is 6.42 Å². The number of nitrogens with one attached hydrogen (secondary N) is 1. The summed E-state index contributed by atoms with van der Waals surface area (Å²) in [7, 11) is 0. The topological polar surface area (TPSA) is 29.9 Å². The predicted molar refractivity (Wildman–Crippen MR) is 80.1 cm³/mol. The largest absolute Gasteiger partial charge is 0.316 e. The van der Waals surface area contributed by atoms with E-state index < -0.39 is 0 Å². The molecule has 0 fully saturated rings. The monoisotopic (exact) mass is 255 g/mol. The molecule has 0 bridgehead atoms. The summed E-state index contributed by atoms with van der Waals surface area (Å²) in [5, 5.41) is 3.41. The van der Waals surface area contributed by atoms with E-state index >= 15 is 0 Å². The number of hydrogen-bond acceptors (Lipinski definition) is 2. The molecule has 3 heteroatoms. The summed E-state index contributed by atoms with van der Waals surface area (Å²) < 4.78 is 2.14. The van der Waals surface area contributed by atoms with Gasteiger partial charge in [0.2, 0.25) is 0 Å². The Balaban J connectivity index is 2.31. The lowest BCUT2D eigenvalue weighted by Crippen LogP contribution is -2.25. The van der Waals surface area contributed by atoms with Crippen LogP contribution >= 0.6 is 0 Å². The van der Waals surface area contributed by atoms with E-state index in [9.17, 15) is 0 Å². The number of fused-ring (bicyclic) bond motifs is 1. The molecule has 2 aromatic rings. The Morgan fingerprint density at radius 2 is 2.21 bits per heavy atom. The molecule has 100 valence electrons. The highest BCUT2D eigenvalue weighted by molar-refractivity contribution is 5.77. The Bertz CT molecular complexity index is 602.